The van der Waals surface area contributed by atoms with E-state index in [-0.39, 0.29) is 29.4 Å². The third-order valence-corrected chi connectivity index (χ3v) is 10.4. The number of benzene rings is 1. The number of nitrogens with one attached hydrogen (secondary N) is 1. The van der Waals surface area contributed by atoms with Crippen molar-refractivity contribution in [2.24, 2.45) is 11.3 Å². The number of nitrogens with zero attached hydrogens (tertiary/aromatic N) is 4. The Morgan fingerprint density at radius 3 is 2.56 bits per heavy atom. The molecule has 2 aliphatic heterocycles. The Morgan fingerprint density at radius 1 is 1.07 bits per heavy atom. The quantitative estimate of drug-likeness (QED) is 0.373. The molecule has 0 spiro atoms. The molecule has 9 nitrogen and oxygen atoms in total. The number of carbonyl (C=O) groups excluding carboxylic acids is 2. The lowest BCUT2D eigenvalue weighted by atomic mass is 9.71. The number of amides is 2. The first kappa shape index (κ1) is 30.1. The van der Waals surface area contributed by atoms with E-state index < -0.39 is 6.10 Å². The number of rotatable bonds is 7. The standard InChI is InChI=1S/C33H43N5O4S/c1-33(2,3)23-7-8-26-22(16-23)17-28-30(35-26)43-31(36-28)29(41)34-27(11-14-37-12-9-24(39)10-13-37)20-5-4-6-21(15-20)32(42)38-18-25(40)19-38/h4-6,15,17,23-25,27,39-40H,7-14,16,18-19H2,1-3H3,(H,34,41)/t23-,27?/m0/s1. The van der Waals surface area contributed by atoms with Crippen molar-refractivity contribution in [2.45, 2.75) is 77.5 Å². The number of aromatic nitrogens is 2. The number of aryl methyl sites for hydroxylation is 1. The van der Waals surface area contributed by atoms with E-state index in [1.807, 2.05) is 18.2 Å². The molecule has 6 rings (SSSR count). The van der Waals surface area contributed by atoms with E-state index in [9.17, 15) is 19.8 Å². The van der Waals surface area contributed by atoms with Crippen LogP contribution in [0, 0.1) is 11.3 Å². The first-order valence-corrected chi connectivity index (χ1v) is 16.4. The predicted octanol–water partition coefficient (Wildman–Crippen LogP) is 3.98. The van der Waals surface area contributed by atoms with E-state index in [4.69, 9.17) is 9.97 Å². The topological polar surface area (TPSA) is 119 Å². The molecule has 2 fully saturated rings. The summed E-state index contributed by atoms with van der Waals surface area (Å²) in [7, 11) is 0. The zero-order valence-electron chi connectivity index (χ0n) is 25.4. The van der Waals surface area contributed by atoms with Crippen molar-refractivity contribution in [1.29, 1.82) is 0 Å². The summed E-state index contributed by atoms with van der Waals surface area (Å²) in [6.07, 6.45) is 4.52. The minimum Gasteiger partial charge on any atom is -0.393 e. The number of likely N-dealkylation sites (tertiary alicyclic amines) is 2. The van der Waals surface area contributed by atoms with Gasteiger partial charge in [0.15, 0.2) is 5.01 Å². The normalized spacial score (nSPS) is 21.0. The molecule has 2 aromatic heterocycles. The molecular formula is C33H43N5O4S. The summed E-state index contributed by atoms with van der Waals surface area (Å²) in [5, 5.41) is 23.2. The van der Waals surface area contributed by atoms with Crippen LogP contribution in [0.15, 0.2) is 30.3 Å². The number of thiazole rings is 1. The summed E-state index contributed by atoms with van der Waals surface area (Å²) in [4.78, 5) is 41.1. The van der Waals surface area contributed by atoms with Gasteiger partial charge < -0.3 is 25.3 Å². The van der Waals surface area contributed by atoms with E-state index in [0.29, 0.717) is 36.0 Å². The summed E-state index contributed by atoms with van der Waals surface area (Å²) in [5.41, 5.74) is 4.80. The molecule has 2 saturated heterocycles. The smallest absolute Gasteiger partial charge is 0.280 e. The Hall–Kier alpha value is -2.92. The maximum atomic E-state index is 13.7. The van der Waals surface area contributed by atoms with Gasteiger partial charge in [-0.15, -0.1) is 0 Å². The molecular weight excluding hydrogens is 562 g/mol. The van der Waals surface area contributed by atoms with E-state index in [1.54, 1.807) is 11.0 Å². The first-order chi connectivity index (χ1) is 20.5. The summed E-state index contributed by atoms with van der Waals surface area (Å²) in [5.74, 6) is 0.241. The fraction of sp³-hybridized carbons (Fsp3) is 0.576. The molecule has 3 N–H and O–H groups in total. The monoisotopic (exact) mass is 605 g/mol. The Morgan fingerprint density at radius 2 is 1.84 bits per heavy atom. The number of carbonyl (C=O) groups is 2. The van der Waals surface area contributed by atoms with Gasteiger partial charge in [0.25, 0.3) is 11.8 Å². The summed E-state index contributed by atoms with van der Waals surface area (Å²) >= 11 is 1.33. The molecule has 230 valence electrons. The highest BCUT2D eigenvalue weighted by Crippen LogP contribution is 2.38. The lowest BCUT2D eigenvalue weighted by Crippen LogP contribution is -2.53. The molecule has 2 atom stereocenters. The summed E-state index contributed by atoms with van der Waals surface area (Å²) in [6.45, 7) is 9.98. The third kappa shape index (κ3) is 6.77. The van der Waals surface area contributed by atoms with Crippen molar-refractivity contribution < 1.29 is 19.8 Å². The number of pyridine rings is 1. The predicted molar refractivity (Wildman–Crippen MR) is 167 cm³/mol. The van der Waals surface area contributed by atoms with Gasteiger partial charge in [0.1, 0.15) is 10.3 Å². The number of hydrogen-bond acceptors (Lipinski definition) is 8. The Bertz CT molecular complexity index is 1490. The van der Waals surface area contributed by atoms with Crippen LogP contribution in [0.5, 0.6) is 0 Å². The van der Waals surface area contributed by atoms with Crippen molar-refractivity contribution in [2.75, 3.05) is 32.7 Å². The SMILES string of the molecule is CC(C)(C)[C@H]1CCc2nc3sc(C(=O)NC(CCN4CCC(O)CC4)c4cccc(C(=O)N5CC(O)C5)c4)nc3cc2C1. The van der Waals surface area contributed by atoms with Gasteiger partial charge in [-0.2, -0.15) is 0 Å². The highest BCUT2D eigenvalue weighted by atomic mass is 32.1. The van der Waals surface area contributed by atoms with E-state index in [1.165, 1.54) is 16.9 Å². The van der Waals surface area contributed by atoms with Crippen molar-refractivity contribution in [3.8, 4) is 0 Å². The minimum absolute atomic E-state index is 0.114. The Kier molecular flexibility index (Phi) is 8.56. The average molecular weight is 606 g/mol. The lowest BCUT2D eigenvalue weighted by Gasteiger charge is -2.36. The second-order valence-electron chi connectivity index (χ2n) is 13.6. The van der Waals surface area contributed by atoms with Crippen molar-refractivity contribution >= 4 is 33.5 Å². The summed E-state index contributed by atoms with van der Waals surface area (Å²) in [6, 6.07) is 9.25. The van der Waals surface area contributed by atoms with Crippen LogP contribution in [0.1, 0.15) is 89.5 Å². The molecule has 1 unspecified atom stereocenters. The van der Waals surface area contributed by atoms with Crippen molar-refractivity contribution in [3.63, 3.8) is 0 Å². The average Bonchev–Trinajstić information content (AvgIpc) is 3.39. The highest BCUT2D eigenvalue weighted by molar-refractivity contribution is 7.19. The van der Waals surface area contributed by atoms with Gasteiger partial charge in [0.2, 0.25) is 0 Å². The van der Waals surface area contributed by atoms with Gasteiger partial charge in [-0.3, -0.25) is 9.59 Å². The number of piperidine rings is 1. The minimum atomic E-state index is -0.462. The van der Waals surface area contributed by atoms with Crippen molar-refractivity contribution in [3.05, 3.63) is 57.7 Å². The molecule has 3 aliphatic rings. The highest BCUT2D eigenvalue weighted by Gasteiger charge is 2.31. The van der Waals surface area contributed by atoms with Crippen LogP contribution < -0.4 is 5.32 Å². The van der Waals surface area contributed by atoms with Crippen LogP contribution in [0.2, 0.25) is 0 Å². The number of aliphatic hydroxyl groups is 2. The number of fused-ring (bicyclic) bond motifs is 2. The largest absolute Gasteiger partial charge is 0.393 e. The van der Waals surface area contributed by atoms with Crippen LogP contribution in [-0.2, 0) is 12.8 Å². The Balaban J connectivity index is 1.21. The maximum absolute atomic E-state index is 13.7. The van der Waals surface area contributed by atoms with Gasteiger partial charge >= 0.3 is 0 Å². The first-order valence-electron chi connectivity index (χ1n) is 15.6. The van der Waals surface area contributed by atoms with Gasteiger partial charge in [-0.1, -0.05) is 44.2 Å². The molecule has 43 heavy (non-hydrogen) atoms. The molecule has 0 radical (unpaired) electrons. The van der Waals surface area contributed by atoms with E-state index >= 15 is 0 Å². The molecule has 3 aromatic rings. The van der Waals surface area contributed by atoms with E-state index in [2.05, 4.69) is 37.1 Å². The fourth-order valence-electron chi connectivity index (χ4n) is 6.54. The number of aliphatic hydroxyl groups excluding tert-OH is 2. The molecule has 0 saturated carbocycles. The third-order valence-electron chi connectivity index (χ3n) is 9.45. The zero-order valence-corrected chi connectivity index (χ0v) is 26.2. The van der Waals surface area contributed by atoms with Crippen LogP contribution >= 0.6 is 11.3 Å². The lowest BCUT2D eigenvalue weighted by molar-refractivity contribution is 0.00588. The Labute approximate surface area is 257 Å². The van der Waals surface area contributed by atoms with Crippen LogP contribution in [0.4, 0.5) is 0 Å². The number of hydrogen-bond donors (Lipinski definition) is 3. The van der Waals surface area contributed by atoms with Gasteiger partial charge in [0, 0.05) is 44.0 Å². The molecule has 4 heterocycles. The zero-order chi connectivity index (χ0) is 30.3. The van der Waals surface area contributed by atoms with Crippen LogP contribution in [0.25, 0.3) is 10.3 Å². The van der Waals surface area contributed by atoms with Gasteiger partial charge in [-0.05, 0) is 79.2 Å². The second kappa shape index (κ2) is 12.2. The molecule has 2 amide bonds. The summed E-state index contributed by atoms with van der Waals surface area (Å²) < 4.78 is 0. The second-order valence-corrected chi connectivity index (χ2v) is 14.6. The molecule has 0 bridgehead atoms. The van der Waals surface area contributed by atoms with Crippen LogP contribution in [0.3, 0.4) is 0 Å². The van der Waals surface area contributed by atoms with E-state index in [0.717, 1.165) is 73.3 Å². The molecule has 1 aromatic carbocycles. The van der Waals surface area contributed by atoms with Crippen molar-refractivity contribution in [1.82, 2.24) is 25.1 Å². The number of β-amino-alcohol motifs (C(OH)–C–C–N with tert-alkyl or cyclic N) is 1. The van der Waals surface area contributed by atoms with Gasteiger partial charge in [-0.25, -0.2) is 9.97 Å². The molecule has 10 heteroatoms. The molecule has 1 aliphatic carbocycles. The van der Waals surface area contributed by atoms with Gasteiger partial charge in [0.05, 0.1) is 18.2 Å². The fourth-order valence-corrected chi connectivity index (χ4v) is 7.38. The maximum Gasteiger partial charge on any atom is 0.280 e. The van der Waals surface area contributed by atoms with Crippen LogP contribution in [-0.4, -0.2) is 86.7 Å².